The fourth-order valence-corrected chi connectivity index (χ4v) is 4.92. The summed E-state index contributed by atoms with van der Waals surface area (Å²) in [5.41, 5.74) is 4.01. The van der Waals surface area contributed by atoms with E-state index in [-0.39, 0.29) is 30.3 Å². The van der Waals surface area contributed by atoms with Crippen molar-refractivity contribution in [1.29, 1.82) is 0 Å². The number of nitrogens with zero attached hydrogens (tertiary/aromatic N) is 4. The first-order valence-electron chi connectivity index (χ1n) is 11.8. The molecule has 1 amide bonds. The van der Waals surface area contributed by atoms with Crippen LogP contribution < -0.4 is 15.5 Å². The van der Waals surface area contributed by atoms with Gasteiger partial charge in [0.1, 0.15) is 12.6 Å². The number of non-ortho nitro benzene ring substituents is 1. The molecule has 1 aliphatic heterocycles. The van der Waals surface area contributed by atoms with Crippen LogP contribution in [0.25, 0.3) is 5.69 Å². The van der Waals surface area contributed by atoms with E-state index in [0.29, 0.717) is 10.8 Å². The van der Waals surface area contributed by atoms with E-state index in [9.17, 15) is 14.9 Å². The van der Waals surface area contributed by atoms with Crippen molar-refractivity contribution in [3.8, 4) is 5.69 Å². The highest BCUT2D eigenvalue weighted by atomic mass is 32.1. The van der Waals surface area contributed by atoms with Crippen LogP contribution in [0, 0.1) is 10.1 Å². The minimum atomic E-state index is -0.417. The second kappa shape index (κ2) is 10.8. The molecular formula is C27H24N6O4S. The summed E-state index contributed by atoms with van der Waals surface area (Å²) in [7, 11) is 1.47. The van der Waals surface area contributed by atoms with E-state index in [1.54, 1.807) is 18.3 Å². The number of methoxy groups -OCH3 is 1. The molecule has 0 unspecified atom stereocenters. The zero-order valence-corrected chi connectivity index (χ0v) is 21.2. The largest absolute Gasteiger partial charge is 0.375 e. The Hall–Kier alpha value is -4.61. The lowest BCUT2D eigenvalue weighted by atomic mass is 10.0. The summed E-state index contributed by atoms with van der Waals surface area (Å²) in [5, 5.41) is 17.9. The third-order valence-corrected chi connectivity index (χ3v) is 6.54. The van der Waals surface area contributed by atoms with Gasteiger partial charge in [-0.05, 0) is 72.9 Å². The van der Waals surface area contributed by atoms with Crippen LogP contribution in [0.3, 0.4) is 0 Å². The Bertz CT molecular complexity index is 1460. The van der Waals surface area contributed by atoms with Gasteiger partial charge >= 0.3 is 0 Å². The second-order valence-corrected chi connectivity index (χ2v) is 8.99. The fraction of sp³-hybridized carbons (Fsp3) is 0.148. The Labute approximate surface area is 224 Å². The predicted molar refractivity (Wildman–Crippen MR) is 147 cm³/mol. The number of ether oxygens (including phenoxy) is 1. The number of carbonyl (C=O) groups excluding carboxylic acids is 1. The minimum Gasteiger partial charge on any atom is -0.375 e. The number of nitro groups is 1. The number of pyridine rings is 1. The van der Waals surface area contributed by atoms with Gasteiger partial charge in [0.05, 0.1) is 16.7 Å². The maximum Gasteiger partial charge on any atom is 0.269 e. The number of rotatable bonds is 8. The van der Waals surface area contributed by atoms with Gasteiger partial charge in [0.25, 0.3) is 5.69 Å². The summed E-state index contributed by atoms with van der Waals surface area (Å²) in [4.78, 5) is 29.3. The number of amides is 1. The number of hydrogen-bond acceptors (Lipinski definition) is 6. The molecule has 1 fully saturated rings. The lowest BCUT2D eigenvalue weighted by Gasteiger charge is -2.29. The molecule has 1 saturated heterocycles. The SMILES string of the molecule is COCC(=O)Nc1ccc(N2C(=S)N[C@H](c3ccccn3)[C@H]2c2cccn2-c2ccc([N+](=O)[O-])cc2)cc1. The summed E-state index contributed by atoms with van der Waals surface area (Å²) in [6.07, 6.45) is 3.66. The average molecular weight is 529 g/mol. The van der Waals surface area contributed by atoms with E-state index in [1.165, 1.54) is 19.2 Å². The van der Waals surface area contributed by atoms with Crippen molar-refractivity contribution >= 4 is 40.3 Å². The molecule has 2 aromatic heterocycles. The van der Waals surface area contributed by atoms with Crippen LogP contribution in [0.4, 0.5) is 17.1 Å². The van der Waals surface area contributed by atoms with Crippen LogP contribution in [0.1, 0.15) is 23.5 Å². The summed E-state index contributed by atoms with van der Waals surface area (Å²) in [5.74, 6) is -0.243. The first-order chi connectivity index (χ1) is 18.5. The molecule has 192 valence electrons. The highest BCUT2D eigenvalue weighted by molar-refractivity contribution is 7.80. The smallest absolute Gasteiger partial charge is 0.269 e. The molecule has 0 radical (unpaired) electrons. The van der Waals surface area contributed by atoms with Crippen molar-refractivity contribution in [2.75, 3.05) is 23.9 Å². The summed E-state index contributed by atoms with van der Waals surface area (Å²) < 4.78 is 6.88. The van der Waals surface area contributed by atoms with Gasteiger partial charge in [0, 0.05) is 54.4 Å². The average Bonchev–Trinajstić information content (AvgIpc) is 3.54. The minimum absolute atomic E-state index is 0.0248. The van der Waals surface area contributed by atoms with E-state index in [1.807, 2.05) is 70.3 Å². The van der Waals surface area contributed by atoms with Crippen LogP contribution >= 0.6 is 12.2 Å². The number of thiocarbonyl (C=S) groups is 1. The third kappa shape index (κ3) is 4.97. The van der Waals surface area contributed by atoms with E-state index in [4.69, 9.17) is 17.0 Å². The maximum atomic E-state index is 11.9. The Morgan fingerprint density at radius 1 is 1.08 bits per heavy atom. The summed E-state index contributed by atoms with van der Waals surface area (Å²) in [6, 6.07) is 22.9. The van der Waals surface area contributed by atoms with Crippen molar-refractivity contribution in [2.45, 2.75) is 12.1 Å². The molecule has 1 aliphatic rings. The lowest BCUT2D eigenvalue weighted by Crippen LogP contribution is -2.30. The Morgan fingerprint density at radius 3 is 2.47 bits per heavy atom. The molecule has 3 heterocycles. The zero-order chi connectivity index (χ0) is 26.6. The molecule has 11 heteroatoms. The van der Waals surface area contributed by atoms with Crippen LogP contribution in [0.2, 0.25) is 0 Å². The number of benzene rings is 2. The Kier molecular flexibility index (Phi) is 7.11. The summed E-state index contributed by atoms with van der Waals surface area (Å²) in [6.45, 7) is -0.0324. The number of nitrogens with one attached hydrogen (secondary N) is 2. The van der Waals surface area contributed by atoms with Crippen molar-refractivity contribution in [1.82, 2.24) is 14.9 Å². The zero-order valence-electron chi connectivity index (χ0n) is 20.4. The highest BCUT2D eigenvalue weighted by Crippen LogP contribution is 2.42. The molecule has 0 spiro atoms. The number of hydrogen-bond donors (Lipinski definition) is 2. The van der Waals surface area contributed by atoms with Gasteiger partial charge in [0.2, 0.25) is 5.91 Å². The molecule has 4 aromatic rings. The van der Waals surface area contributed by atoms with Crippen molar-refractivity contribution in [3.63, 3.8) is 0 Å². The number of anilines is 2. The van der Waals surface area contributed by atoms with Gasteiger partial charge < -0.3 is 24.8 Å². The normalized spacial score (nSPS) is 16.8. The molecule has 0 bridgehead atoms. The van der Waals surface area contributed by atoms with Gasteiger partial charge in [-0.1, -0.05) is 6.07 Å². The third-order valence-electron chi connectivity index (χ3n) is 6.22. The Balaban J connectivity index is 1.55. The molecule has 0 aliphatic carbocycles. The number of nitro benzene ring substituents is 1. The van der Waals surface area contributed by atoms with Gasteiger partial charge in [-0.2, -0.15) is 0 Å². The van der Waals surface area contributed by atoms with E-state index < -0.39 is 4.92 Å². The van der Waals surface area contributed by atoms with Gasteiger partial charge in [-0.15, -0.1) is 0 Å². The lowest BCUT2D eigenvalue weighted by molar-refractivity contribution is -0.384. The van der Waals surface area contributed by atoms with E-state index >= 15 is 0 Å². The molecule has 2 N–H and O–H groups in total. The van der Waals surface area contributed by atoms with Crippen LogP contribution in [0.15, 0.2) is 91.3 Å². The van der Waals surface area contributed by atoms with Gasteiger partial charge in [0.15, 0.2) is 5.11 Å². The van der Waals surface area contributed by atoms with Crippen LogP contribution in [0.5, 0.6) is 0 Å². The van der Waals surface area contributed by atoms with E-state index in [0.717, 1.165) is 22.8 Å². The fourth-order valence-electron chi connectivity index (χ4n) is 4.57. The Morgan fingerprint density at radius 2 is 1.82 bits per heavy atom. The summed E-state index contributed by atoms with van der Waals surface area (Å²) >= 11 is 5.81. The topological polar surface area (TPSA) is 115 Å². The molecule has 2 atom stereocenters. The standard InChI is InChI=1S/C27H24N6O4S/c1-37-17-24(34)29-18-7-9-20(10-8-18)32-26(25(30-27(32)38)22-5-2-3-15-28-22)23-6-4-16-31(23)19-11-13-21(14-12-19)33(35)36/h2-16,25-26H,17H2,1H3,(H,29,34)(H,30,38)/t25-,26-/m1/s1. The molecule has 0 saturated carbocycles. The first kappa shape index (κ1) is 25.1. The number of aromatic nitrogens is 2. The quantitative estimate of drug-likeness (QED) is 0.195. The van der Waals surface area contributed by atoms with Gasteiger partial charge in [-0.3, -0.25) is 19.9 Å². The van der Waals surface area contributed by atoms with Crippen LogP contribution in [-0.2, 0) is 9.53 Å². The van der Waals surface area contributed by atoms with Gasteiger partial charge in [-0.25, -0.2) is 0 Å². The second-order valence-electron chi connectivity index (χ2n) is 8.60. The molecule has 2 aromatic carbocycles. The number of carbonyl (C=O) groups is 1. The first-order valence-corrected chi connectivity index (χ1v) is 12.2. The van der Waals surface area contributed by atoms with Crippen molar-refractivity contribution in [3.05, 3.63) is 113 Å². The molecule has 38 heavy (non-hydrogen) atoms. The molecule has 10 nitrogen and oxygen atoms in total. The van der Waals surface area contributed by atoms with Crippen LogP contribution in [-0.4, -0.2) is 39.2 Å². The highest BCUT2D eigenvalue weighted by Gasteiger charge is 2.42. The maximum absolute atomic E-state index is 11.9. The predicted octanol–water partition coefficient (Wildman–Crippen LogP) is 4.54. The van der Waals surface area contributed by atoms with Crippen molar-refractivity contribution in [2.24, 2.45) is 0 Å². The molecular weight excluding hydrogens is 504 g/mol. The molecule has 5 rings (SSSR count). The van der Waals surface area contributed by atoms with Crippen molar-refractivity contribution < 1.29 is 14.5 Å². The van der Waals surface area contributed by atoms with E-state index in [2.05, 4.69) is 15.6 Å². The monoisotopic (exact) mass is 528 g/mol.